The van der Waals surface area contributed by atoms with E-state index in [1.165, 1.54) is 5.56 Å². The summed E-state index contributed by atoms with van der Waals surface area (Å²) in [6, 6.07) is 5.53. The van der Waals surface area contributed by atoms with Gasteiger partial charge in [0.05, 0.1) is 6.54 Å². The van der Waals surface area contributed by atoms with E-state index < -0.39 is 6.03 Å². The second-order valence-corrected chi connectivity index (χ2v) is 6.96. The molecule has 2 rings (SSSR count). The van der Waals surface area contributed by atoms with Crippen LogP contribution in [0.3, 0.4) is 0 Å². The molecule has 0 bridgehead atoms. The topological polar surface area (TPSA) is 64.7 Å². The van der Waals surface area contributed by atoms with Gasteiger partial charge < -0.3 is 10.2 Å². The predicted octanol–water partition coefficient (Wildman–Crippen LogP) is 2.39. The number of carbonyl (C=O) groups is 2. The standard InChI is InChI=1S/C18H27ClN4O2/c1-4-14(3)20-18(25)21-17(24)12-22-7-9-23(10-8-22)16-11-15(19)6-5-13(16)2/h5-6,11,14H,4,7-10,12H2,1-3H3,(H2,20,21,24,25)/t14-/m1/s1. The number of amides is 3. The first kappa shape index (κ1) is 19.5. The number of halogens is 1. The molecule has 0 radical (unpaired) electrons. The molecule has 2 N–H and O–H groups in total. The second-order valence-electron chi connectivity index (χ2n) is 6.52. The van der Waals surface area contributed by atoms with E-state index in [4.69, 9.17) is 11.6 Å². The number of nitrogens with zero attached hydrogens (tertiary/aromatic N) is 2. The van der Waals surface area contributed by atoms with Gasteiger partial charge in [-0.25, -0.2) is 4.79 Å². The summed E-state index contributed by atoms with van der Waals surface area (Å²) in [5.41, 5.74) is 2.34. The first-order valence-electron chi connectivity index (χ1n) is 8.72. The average molecular weight is 367 g/mol. The third kappa shape index (κ3) is 5.90. The van der Waals surface area contributed by atoms with Crippen LogP contribution in [0.1, 0.15) is 25.8 Å². The van der Waals surface area contributed by atoms with E-state index >= 15 is 0 Å². The highest BCUT2D eigenvalue weighted by molar-refractivity contribution is 6.30. The molecule has 0 aliphatic carbocycles. The molecule has 1 fully saturated rings. The van der Waals surface area contributed by atoms with Gasteiger partial charge in [-0.15, -0.1) is 0 Å². The number of rotatable bonds is 5. The smallest absolute Gasteiger partial charge is 0.321 e. The van der Waals surface area contributed by atoms with Gasteiger partial charge in [0.25, 0.3) is 0 Å². The molecule has 1 aromatic rings. The van der Waals surface area contributed by atoms with Crippen LogP contribution in [0.2, 0.25) is 5.02 Å². The maximum atomic E-state index is 12.0. The number of benzene rings is 1. The molecular weight excluding hydrogens is 340 g/mol. The second kappa shape index (κ2) is 9.06. The van der Waals surface area contributed by atoms with Crippen molar-refractivity contribution in [2.75, 3.05) is 37.6 Å². The molecule has 1 heterocycles. The van der Waals surface area contributed by atoms with E-state index in [2.05, 4.69) is 27.4 Å². The van der Waals surface area contributed by atoms with E-state index in [9.17, 15) is 9.59 Å². The van der Waals surface area contributed by atoms with Crippen molar-refractivity contribution in [2.24, 2.45) is 0 Å². The summed E-state index contributed by atoms with van der Waals surface area (Å²) in [6.07, 6.45) is 0.826. The molecule has 6 nitrogen and oxygen atoms in total. The Morgan fingerprint density at radius 3 is 2.56 bits per heavy atom. The Labute approximate surface area is 154 Å². The number of imide groups is 1. The number of anilines is 1. The molecule has 3 amide bonds. The maximum absolute atomic E-state index is 12.0. The fourth-order valence-corrected chi connectivity index (χ4v) is 2.97. The fraction of sp³-hybridized carbons (Fsp3) is 0.556. The molecule has 1 atom stereocenters. The SMILES string of the molecule is CC[C@@H](C)NC(=O)NC(=O)CN1CCN(c2cc(Cl)ccc2C)CC1. The number of nitrogens with one attached hydrogen (secondary N) is 2. The fourth-order valence-electron chi connectivity index (χ4n) is 2.80. The van der Waals surface area contributed by atoms with Crippen LogP contribution in [0, 0.1) is 6.92 Å². The molecular formula is C18H27ClN4O2. The van der Waals surface area contributed by atoms with Gasteiger partial charge in [0.1, 0.15) is 0 Å². The summed E-state index contributed by atoms with van der Waals surface area (Å²) in [5, 5.41) is 5.85. The number of aryl methyl sites for hydroxylation is 1. The zero-order chi connectivity index (χ0) is 18.4. The molecule has 1 saturated heterocycles. The number of hydrogen-bond donors (Lipinski definition) is 2. The van der Waals surface area contributed by atoms with Crippen LogP contribution in [0.5, 0.6) is 0 Å². The largest absolute Gasteiger partial charge is 0.369 e. The molecule has 0 saturated carbocycles. The lowest BCUT2D eigenvalue weighted by Crippen LogP contribution is -2.51. The average Bonchev–Trinajstić information content (AvgIpc) is 2.57. The lowest BCUT2D eigenvalue weighted by molar-refractivity contribution is -0.121. The molecule has 138 valence electrons. The number of piperazine rings is 1. The van der Waals surface area contributed by atoms with Gasteiger partial charge in [0.2, 0.25) is 5.91 Å². The third-order valence-electron chi connectivity index (χ3n) is 4.49. The maximum Gasteiger partial charge on any atom is 0.321 e. The van der Waals surface area contributed by atoms with Crippen LogP contribution in [0.4, 0.5) is 10.5 Å². The molecule has 0 aromatic heterocycles. The van der Waals surface area contributed by atoms with Crippen molar-refractivity contribution in [3.05, 3.63) is 28.8 Å². The summed E-state index contributed by atoms with van der Waals surface area (Å²) in [5.74, 6) is -0.270. The van der Waals surface area contributed by atoms with E-state index in [-0.39, 0.29) is 18.5 Å². The minimum Gasteiger partial charge on any atom is -0.369 e. The van der Waals surface area contributed by atoms with E-state index in [1.807, 2.05) is 32.0 Å². The molecule has 1 aromatic carbocycles. The monoisotopic (exact) mass is 366 g/mol. The van der Waals surface area contributed by atoms with Gasteiger partial charge in [-0.2, -0.15) is 0 Å². The molecule has 0 spiro atoms. The van der Waals surface area contributed by atoms with Crippen molar-refractivity contribution in [3.63, 3.8) is 0 Å². The van der Waals surface area contributed by atoms with Gasteiger partial charge in [-0.1, -0.05) is 24.6 Å². The highest BCUT2D eigenvalue weighted by atomic mass is 35.5. The first-order chi connectivity index (χ1) is 11.9. The molecule has 25 heavy (non-hydrogen) atoms. The van der Waals surface area contributed by atoms with Gasteiger partial charge in [-0.05, 0) is 38.0 Å². The Bertz CT molecular complexity index is 615. The van der Waals surface area contributed by atoms with Crippen LogP contribution in [-0.4, -0.2) is 55.6 Å². The van der Waals surface area contributed by atoms with Crippen LogP contribution >= 0.6 is 11.6 Å². The highest BCUT2D eigenvalue weighted by Gasteiger charge is 2.21. The summed E-state index contributed by atoms with van der Waals surface area (Å²) in [6.45, 7) is 9.38. The summed E-state index contributed by atoms with van der Waals surface area (Å²) in [4.78, 5) is 28.0. The lowest BCUT2D eigenvalue weighted by atomic mass is 10.1. The number of urea groups is 1. The molecule has 0 unspecified atom stereocenters. The number of hydrogen-bond acceptors (Lipinski definition) is 4. The Hall–Kier alpha value is -1.79. The molecule has 1 aliphatic rings. The van der Waals surface area contributed by atoms with Crippen molar-refractivity contribution in [2.45, 2.75) is 33.2 Å². The Morgan fingerprint density at radius 2 is 1.92 bits per heavy atom. The quantitative estimate of drug-likeness (QED) is 0.839. The lowest BCUT2D eigenvalue weighted by Gasteiger charge is -2.36. The highest BCUT2D eigenvalue weighted by Crippen LogP contribution is 2.25. The van der Waals surface area contributed by atoms with Crippen molar-refractivity contribution in [3.8, 4) is 0 Å². The van der Waals surface area contributed by atoms with Crippen molar-refractivity contribution < 1.29 is 9.59 Å². The molecule has 1 aliphatic heterocycles. The van der Waals surface area contributed by atoms with Crippen molar-refractivity contribution in [1.82, 2.24) is 15.5 Å². The van der Waals surface area contributed by atoms with Crippen LogP contribution in [-0.2, 0) is 4.79 Å². The van der Waals surface area contributed by atoms with E-state index in [0.29, 0.717) is 0 Å². The minimum absolute atomic E-state index is 0.0530. The predicted molar refractivity (Wildman–Crippen MR) is 101 cm³/mol. The Balaban J connectivity index is 1.79. The summed E-state index contributed by atoms with van der Waals surface area (Å²) >= 11 is 6.10. The van der Waals surface area contributed by atoms with Crippen LogP contribution in [0.25, 0.3) is 0 Å². The normalized spacial score (nSPS) is 16.4. The van der Waals surface area contributed by atoms with E-state index in [0.717, 1.165) is 43.3 Å². The van der Waals surface area contributed by atoms with Gasteiger partial charge in [-0.3, -0.25) is 15.0 Å². The van der Waals surface area contributed by atoms with Gasteiger partial charge in [0.15, 0.2) is 0 Å². The summed E-state index contributed by atoms with van der Waals surface area (Å²) in [7, 11) is 0. The Morgan fingerprint density at radius 1 is 1.24 bits per heavy atom. The van der Waals surface area contributed by atoms with Crippen molar-refractivity contribution in [1.29, 1.82) is 0 Å². The first-order valence-corrected chi connectivity index (χ1v) is 9.10. The van der Waals surface area contributed by atoms with E-state index in [1.54, 1.807) is 0 Å². The van der Waals surface area contributed by atoms with Crippen LogP contribution in [0.15, 0.2) is 18.2 Å². The zero-order valence-corrected chi connectivity index (χ0v) is 15.9. The van der Waals surface area contributed by atoms with Crippen LogP contribution < -0.4 is 15.5 Å². The van der Waals surface area contributed by atoms with Gasteiger partial charge in [0, 0.05) is 42.9 Å². The molecule has 7 heteroatoms. The zero-order valence-electron chi connectivity index (χ0n) is 15.1. The van der Waals surface area contributed by atoms with Gasteiger partial charge >= 0.3 is 6.03 Å². The third-order valence-corrected chi connectivity index (χ3v) is 4.73. The number of carbonyl (C=O) groups excluding carboxylic acids is 2. The minimum atomic E-state index is -0.424. The van der Waals surface area contributed by atoms with Crippen molar-refractivity contribution >= 4 is 29.2 Å². The summed E-state index contributed by atoms with van der Waals surface area (Å²) < 4.78 is 0. The Kier molecular flexibility index (Phi) is 7.08.